The van der Waals surface area contributed by atoms with Crippen LogP contribution in [0.15, 0.2) is 29.3 Å². The van der Waals surface area contributed by atoms with Crippen molar-refractivity contribution in [2.45, 2.75) is 40.2 Å². The maximum absolute atomic E-state index is 5.88. The Morgan fingerprint density at radius 3 is 2.54 bits per heavy atom. The Morgan fingerprint density at radius 1 is 1.29 bits per heavy atom. The van der Waals surface area contributed by atoms with Crippen molar-refractivity contribution < 1.29 is 4.74 Å². The van der Waals surface area contributed by atoms with Crippen LogP contribution in [0.2, 0.25) is 5.02 Å². The molecule has 0 saturated heterocycles. The summed E-state index contributed by atoms with van der Waals surface area (Å²) in [6.45, 7) is 10.3. The fourth-order valence-electron chi connectivity index (χ4n) is 2.88. The van der Waals surface area contributed by atoms with E-state index in [-0.39, 0.29) is 30.0 Å². The third kappa shape index (κ3) is 7.50. The van der Waals surface area contributed by atoms with Crippen LogP contribution in [0.5, 0.6) is 5.75 Å². The van der Waals surface area contributed by atoms with Gasteiger partial charge >= 0.3 is 0 Å². The molecule has 0 amide bonds. The second-order valence-corrected chi connectivity index (χ2v) is 7.02. The van der Waals surface area contributed by atoms with Crippen molar-refractivity contribution >= 4 is 41.5 Å². The number of guanidine groups is 1. The summed E-state index contributed by atoms with van der Waals surface area (Å²) in [6, 6.07) is 7.58. The highest BCUT2D eigenvalue weighted by Crippen LogP contribution is 2.15. The topological polar surface area (TPSA) is 63.5 Å². The molecule has 0 spiro atoms. The molecule has 0 bridgehead atoms. The van der Waals surface area contributed by atoms with Gasteiger partial charge in [0.1, 0.15) is 12.4 Å². The SMILES string of the molecule is CCNC(=NCCOc1ccc(Cl)cc1)NC(C)Cc1c(C)nn(C)c1C.I. The molecule has 1 aromatic carbocycles. The average molecular weight is 520 g/mol. The number of hydrogen-bond donors (Lipinski definition) is 2. The van der Waals surface area contributed by atoms with Crippen LogP contribution in [0.25, 0.3) is 0 Å². The van der Waals surface area contributed by atoms with Gasteiger partial charge in [0.15, 0.2) is 5.96 Å². The van der Waals surface area contributed by atoms with Crippen molar-refractivity contribution in [3.63, 3.8) is 0 Å². The highest BCUT2D eigenvalue weighted by atomic mass is 127. The Morgan fingerprint density at radius 2 is 1.96 bits per heavy atom. The van der Waals surface area contributed by atoms with Gasteiger partial charge in [-0.1, -0.05) is 11.6 Å². The number of ether oxygens (including phenoxy) is 1. The van der Waals surface area contributed by atoms with Gasteiger partial charge in [0, 0.05) is 30.4 Å². The first-order chi connectivity index (χ1) is 12.9. The van der Waals surface area contributed by atoms with E-state index in [1.807, 2.05) is 36.0 Å². The lowest BCUT2D eigenvalue weighted by Crippen LogP contribution is -2.43. The summed E-state index contributed by atoms with van der Waals surface area (Å²) in [4.78, 5) is 4.60. The Hall–Kier alpha value is -1.48. The van der Waals surface area contributed by atoms with E-state index >= 15 is 0 Å². The number of benzene rings is 1. The smallest absolute Gasteiger partial charge is 0.191 e. The summed E-state index contributed by atoms with van der Waals surface area (Å²) in [5, 5.41) is 11.9. The minimum Gasteiger partial charge on any atom is -0.492 e. The van der Waals surface area contributed by atoms with Crippen LogP contribution in [-0.2, 0) is 13.5 Å². The number of aliphatic imine (C=N–C) groups is 1. The first kappa shape index (κ1) is 24.6. The molecule has 156 valence electrons. The lowest BCUT2D eigenvalue weighted by atomic mass is 10.1. The van der Waals surface area contributed by atoms with Crippen LogP contribution in [0, 0.1) is 13.8 Å². The summed E-state index contributed by atoms with van der Waals surface area (Å²) >= 11 is 5.88. The van der Waals surface area contributed by atoms with Crippen LogP contribution >= 0.6 is 35.6 Å². The van der Waals surface area contributed by atoms with E-state index in [4.69, 9.17) is 16.3 Å². The number of aromatic nitrogens is 2. The van der Waals surface area contributed by atoms with Crippen LogP contribution in [0.3, 0.4) is 0 Å². The van der Waals surface area contributed by atoms with Crippen LogP contribution in [-0.4, -0.2) is 41.5 Å². The minimum absolute atomic E-state index is 0. The van der Waals surface area contributed by atoms with Gasteiger partial charge in [-0.25, -0.2) is 4.99 Å². The molecule has 1 unspecified atom stereocenters. The Kier molecular flexibility index (Phi) is 10.7. The number of halogens is 2. The van der Waals surface area contributed by atoms with Crippen molar-refractivity contribution in [2.75, 3.05) is 19.7 Å². The molecule has 2 aromatic rings. The van der Waals surface area contributed by atoms with Crippen molar-refractivity contribution in [2.24, 2.45) is 12.0 Å². The van der Waals surface area contributed by atoms with E-state index in [1.54, 1.807) is 0 Å². The first-order valence-electron chi connectivity index (χ1n) is 9.33. The molecule has 1 atom stereocenters. The molecule has 1 heterocycles. The van der Waals surface area contributed by atoms with E-state index in [0.29, 0.717) is 18.2 Å². The summed E-state index contributed by atoms with van der Waals surface area (Å²) in [5.74, 6) is 1.59. The van der Waals surface area contributed by atoms with Gasteiger partial charge in [-0.05, 0) is 63.9 Å². The summed E-state index contributed by atoms with van der Waals surface area (Å²) in [6.07, 6.45) is 0.900. The molecule has 1 aromatic heterocycles. The fraction of sp³-hybridized carbons (Fsp3) is 0.500. The minimum atomic E-state index is 0. The zero-order chi connectivity index (χ0) is 19.8. The molecule has 0 aliphatic carbocycles. The Balaban J connectivity index is 0.00000392. The summed E-state index contributed by atoms with van der Waals surface area (Å²) < 4.78 is 7.63. The Bertz CT molecular complexity index is 761. The van der Waals surface area contributed by atoms with Crippen molar-refractivity contribution in [3.05, 3.63) is 46.2 Å². The predicted octanol–water partition coefficient (Wildman–Crippen LogP) is 3.87. The number of nitrogens with zero attached hydrogens (tertiary/aromatic N) is 3. The predicted molar refractivity (Wildman–Crippen MR) is 127 cm³/mol. The molecular weight excluding hydrogens is 489 g/mol. The van der Waals surface area contributed by atoms with Gasteiger partial charge in [-0.15, -0.1) is 24.0 Å². The van der Waals surface area contributed by atoms with E-state index in [2.05, 4.69) is 48.4 Å². The number of aryl methyl sites for hydroxylation is 2. The largest absolute Gasteiger partial charge is 0.492 e. The van der Waals surface area contributed by atoms with Gasteiger partial charge < -0.3 is 15.4 Å². The third-order valence-electron chi connectivity index (χ3n) is 4.34. The molecule has 2 N–H and O–H groups in total. The van der Waals surface area contributed by atoms with E-state index in [9.17, 15) is 0 Å². The van der Waals surface area contributed by atoms with Crippen molar-refractivity contribution in [1.29, 1.82) is 0 Å². The van der Waals surface area contributed by atoms with E-state index < -0.39 is 0 Å². The second kappa shape index (κ2) is 12.2. The third-order valence-corrected chi connectivity index (χ3v) is 4.59. The monoisotopic (exact) mass is 519 g/mol. The average Bonchev–Trinajstić information content (AvgIpc) is 2.86. The van der Waals surface area contributed by atoms with E-state index in [0.717, 1.165) is 30.4 Å². The standard InChI is InChI=1S/C20H30ClN5O.HI/c1-6-22-20(23-11-12-27-18-9-7-17(21)8-10-18)24-14(2)13-19-15(3)25-26(5)16(19)4;/h7-10,14H,6,11-13H2,1-5H3,(H2,22,23,24);1H. The van der Waals surface area contributed by atoms with Gasteiger partial charge in [0.05, 0.1) is 12.2 Å². The molecule has 0 aliphatic heterocycles. The molecule has 2 rings (SSSR count). The fourth-order valence-corrected chi connectivity index (χ4v) is 3.00. The van der Waals surface area contributed by atoms with Crippen LogP contribution < -0.4 is 15.4 Å². The Labute approximate surface area is 190 Å². The first-order valence-corrected chi connectivity index (χ1v) is 9.70. The molecule has 0 saturated carbocycles. The molecule has 0 fully saturated rings. The van der Waals surface area contributed by atoms with Gasteiger partial charge in [-0.2, -0.15) is 5.10 Å². The van der Waals surface area contributed by atoms with E-state index in [1.165, 1.54) is 11.3 Å². The number of nitrogens with one attached hydrogen (secondary N) is 2. The molecule has 8 heteroatoms. The van der Waals surface area contributed by atoms with Gasteiger partial charge in [-0.3, -0.25) is 4.68 Å². The second-order valence-electron chi connectivity index (χ2n) is 6.59. The van der Waals surface area contributed by atoms with Crippen LogP contribution in [0.4, 0.5) is 0 Å². The number of hydrogen-bond acceptors (Lipinski definition) is 3. The zero-order valence-electron chi connectivity index (χ0n) is 17.3. The zero-order valence-corrected chi connectivity index (χ0v) is 20.3. The highest BCUT2D eigenvalue weighted by Gasteiger charge is 2.13. The number of rotatable bonds is 8. The molecule has 6 nitrogen and oxygen atoms in total. The summed E-state index contributed by atoms with van der Waals surface area (Å²) in [5.41, 5.74) is 3.58. The molecule has 0 radical (unpaired) electrons. The lowest BCUT2D eigenvalue weighted by Gasteiger charge is -2.18. The van der Waals surface area contributed by atoms with Crippen molar-refractivity contribution in [1.82, 2.24) is 20.4 Å². The van der Waals surface area contributed by atoms with Gasteiger partial charge in [0.2, 0.25) is 0 Å². The van der Waals surface area contributed by atoms with Crippen molar-refractivity contribution in [3.8, 4) is 5.75 Å². The molecule has 28 heavy (non-hydrogen) atoms. The van der Waals surface area contributed by atoms with Crippen LogP contribution in [0.1, 0.15) is 30.8 Å². The lowest BCUT2D eigenvalue weighted by molar-refractivity contribution is 0.328. The normalized spacial score (nSPS) is 12.3. The summed E-state index contributed by atoms with van der Waals surface area (Å²) in [7, 11) is 1.98. The van der Waals surface area contributed by atoms with Gasteiger partial charge in [0.25, 0.3) is 0 Å². The maximum Gasteiger partial charge on any atom is 0.191 e. The highest BCUT2D eigenvalue weighted by molar-refractivity contribution is 14.0. The maximum atomic E-state index is 5.88. The molecule has 0 aliphatic rings. The quantitative estimate of drug-likeness (QED) is 0.241. The molecular formula is C20H31ClIN5O.